The second kappa shape index (κ2) is 7.26. The van der Waals surface area contributed by atoms with Crippen LogP contribution in [0.1, 0.15) is 23.6 Å². The predicted octanol–water partition coefficient (Wildman–Crippen LogP) is -1.15. The Morgan fingerprint density at radius 1 is 1.48 bits per heavy atom. The largest absolute Gasteiger partial charge is 0.386 e. The van der Waals surface area contributed by atoms with Gasteiger partial charge in [0.1, 0.15) is 11.8 Å². The van der Waals surface area contributed by atoms with Gasteiger partial charge in [0.05, 0.1) is 13.2 Å². The van der Waals surface area contributed by atoms with Crippen molar-refractivity contribution in [1.29, 1.82) is 0 Å². The molecule has 1 saturated heterocycles. The van der Waals surface area contributed by atoms with Gasteiger partial charge in [-0.15, -0.1) is 0 Å². The molecule has 0 saturated carbocycles. The minimum absolute atomic E-state index is 0.0258. The number of carbonyl (C=O) groups excluding carboxylic acids is 1. The van der Waals surface area contributed by atoms with Crippen LogP contribution < -0.4 is 21.2 Å². The Bertz CT molecular complexity index is 1110. The van der Waals surface area contributed by atoms with E-state index in [2.05, 4.69) is 20.3 Å². The van der Waals surface area contributed by atoms with E-state index >= 15 is 0 Å². The van der Waals surface area contributed by atoms with Gasteiger partial charge >= 0.3 is 5.56 Å². The fraction of sp³-hybridized carbons (Fsp3) is 0.389. The molecule has 4 atom stereocenters. The molecule has 1 fully saturated rings. The van der Waals surface area contributed by atoms with Gasteiger partial charge in [-0.25, -0.2) is 4.57 Å². The first-order chi connectivity index (χ1) is 13.9. The number of carbonyl (C=O) groups is 1. The predicted molar refractivity (Wildman–Crippen MR) is 102 cm³/mol. The van der Waals surface area contributed by atoms with E-state index in [-0.39, 0.29) is 36.0 Å². The van der Waals surface area contributed by atoms with Crippen molar-refractivity contribution < 1.29 is 19.2 Å². The smallest absolute Gasteiger partial charge is 0.304 e. The van der Waals surface area contributed by atoms with Crippen LogP contribution in [0, 0.1) is 5.92 Å². The van der Waals surface area contributed by atoms with Gasteiger partial charge in [0.2, 0.25) is 18.5 Å². The number of anilines is 1. The number of aromatic amines is 1. The minimum atomic E-state index is -0.938. The molecule has 4 heterocycles. The number of imidazole rings is 1. The van der Waals surface area contributed by atoms with Gasteiger partial charge in [0, 0.05) is 18.7 Å². The number of pyridine rings is 1. The van der Waals surface area contributed by atoms with E-state index in [1.165, 1.54) is 0 Å². The number of nitrogens with zero attached hydrogens (tertiary/aromatic N) is 4. The number of hydrogen-bond acceptors (Lipinski definition) is 7. The topological polar surface area (TPSA) is 152 Å². The van der Waals surface area contributed by atoms with Gasteiger partial charge in [-0.1, -0.05) is 6.07 Å². The summed E-state index contributed by atoms with van der Waals surface area (Å²) in [6.07, 6.45) is 1.10. The maximum atomic E-state index is 12.3. The van der Waals surface area contributed by atoms with E-state index in [0.29, 0.717) is 16.9 Å². The lowest BCUT2D eigenvalue weighted by Crippen LogP contribution is -2.37. The molecular weight excluding hydrogens is 378 g/mol. The normalized spacial score (nSPS) is 24.1. The molecule has 3 aromatic rings. The second-order valence-corrected chi connectivity index (χ2v) is 7.07. The molecule has 1 amide bonds. The number of rotatable bonds is 4. The lowest BCUT2D eigenvalue weighted by molar-refractivity contribution is -0.646. The van der Waals surface area contributed by atoms with Crippen molar-refractivity contribution in [3.8, 4) is 0 Å². The van der Waals surface area contributed by atoms with E-state index in [1.807, 2.05) is 6.92 Å². The average molecular weight is 400 g/mol. The van der Waals surface area contributed by atoms with Crippen molar-refractivity contribution in [3.63, 3.8) is 0 Å². The van der Waals surface area contributed by atoms with E-state index in [0.717, 1.165) is 0 Å². The third-order valence-corrected chi connectivity index (χ3v) is 5.15. The number of fused-ring (bicyclic) bond motifs is 1. The van der Waals surface area contributed by atoms with Crippen molar-refractivity contribution in [3.05, 3.63) is 46.8 Å². The molecule has 0 bridgehead atoms. The number of aryl methyl sites for hydroxylation is 1. The zero-order valence-corrected chi connectivity index (χ0v) is 15.9. The molecular formula is C18H22N7O4+. The standard InChI is InChI=1S/C18H21N7O4/c1-9-10(7-21-15(27)11-5-3-4-6-20-11)13(26)17(29-9)25-8-24(2)12-14(25)22-18(19)23-16(12)28/h3-6,8-10,13,17,26H,7H2,1-2H3,(H3-,19,21,22,23,27,28)/p+1/t9-,10-,13-,17?/m1/s1. The Morgan fingerprint density at radius 2 is 2.28 bits per heavy atom. The van der Waals surface area contributed by atoms with Gasteiger partial charge in [-0.05, 0) is 19.1 Å². The van der Waals surface area contributed by atoms with Crippen molar-refractivity contribution in [2.75, 3.05) is 12.3 Å². The van der Waals surface area contributed by atoms with Gasteiger partial charge in [0.25, 0.3) is 17.1 Å². The highest BCUT2D eigenvalue weighted by atomic mass is 16.5. The molecule has 4 rings (SSSR count). The summed E-state index contributed by atoms with van der Waals surface area (Å²) in [5.41, 5.74) is 6.22. The summed E-state index contributed by atoms with van der Waals surface area (Å²) in [6, 6.07) is 5.07. The zero-order valence-electron chi connectivity index (χ0n) is 15.9. The van der Waals surface area contributed by atoms with Crippen LogP contribution in [0.5, 0.6) is 0 Å². The molecule has 11 nitrogen and oxygen atoms in total. The van der Waals surface area contributed by atoms with E-state index in [4.69, 9.17) is 10.5 Å². The third kappa shape index (κ3) is 3.34. The quantitative estimate of drug-likeness (QED) is 0.404. The highest BCUT2D eigenvalue weighted by molar-refractivity contribution is 5.92. The summed E-state index contributed by atoms with van der Waals surface area (Å²) in [7, 11) is 1.70. The molecule has 3 aromatic heterocycles. The molecule has 1 unspecified atom stereocenters. The number of H-pyrrole nitrogens is 1. The van der Waals surface area contributed by atoms with Crippen LogP contribution in [-0.4, -0.2) is 49.3 Å². The first-order valence-corrected chi connectivity index (χ1v) is 9.15. The lowest BCUT2D eigenvalue weighted by Gasteiger charge is -2.17. The summed E-state index contributed by atoms with van der Waals surface area (Å²) >= 11 is 0. The van der Waals surface area contributed by atoms with Crippen LogP contribution in [0.15, 0.2) is 35.5 Å². The molecule has 11 heteroatoms. The molecule has 1 aliphatic rings. The fourth-order valence-corrected chi connectivity index (χ4v) is 3.66. The third-order valence-electron chi connectivity index (χ3n) is 5.15. The van der Waals surface area contributed by atoms with Crippen molar-refractivity contribution in [1.82, 2.24) is 24.8 Å². The Balaban J connectivity index is 1.56. The Hall–Kier alpha value is -3.31. The summed E-state index contributed by atoms with van der Waals surface area (Å²) in [5, 5.41) is 13.7. The summed E-state index contributed by atoms with van der Waals surface area (Å²) in [6.45, 7) is 2.02. The second-order valence-electron chi connectivity index (χ2n) is 7.07. The van der Waals surface area contributed by atoms with Crippen LogP contribution >= 0.6 is 0 Å². The molecule has 0 aromatic carbocycles. The molecule has 152 valence electrons. The van der Waals surface area contributed by atoms with Crippen LogP contribution in [0.3, 0.4) is 0 Å². The van der Waals surface area contributed by atoms with Crippen LogP contribution in [0.25, 0.3) is 11.2 Å². The summed E-state index contributed by atoms with van der Waals surface area (Å²) < 4.78 is 9.13. The minimum Gasteiger partial charge on any atom is -0.386 e. The Morgan fingerprint density at radius 3 is 3.00 bits per heavy atom. The van der Waals surface area contributed by atoms with E-state index < -0.39 is 12.3 Å². The summed E-state index contributed by atoms with van der Waals surface area (Å²) in [5.74, 6) is -0.718. The first-order valence-electron chi connectivity index (χ1n) is 9.15. The van der Waals surface area contributed by atoms with Crippen molar-refractivity contribution >= 4 is 23.0 Å². The van der Waals surface area contributed by atoms with Crippen molar-refractivity contribution in [2.24, 2.45) is 13.0 Å². The van der Waals surface area contributed by atoms with Crippen LogP contribution in [0.4, 0.5) is 5.95 Å². The number of ether oxygens (including phenoxy) is 1. The Kier molecular flexibility index (Phi) is 4.76. The first kappa shape index (κ1) is 19.0. The van der Waals surface area contributed by atoms with Gasteiger partial charge in [0.15, 0.2) is 0 Å². The Labute approximate surface area is 165 Å². The molecule has 0 radical (unpaired) electrons. The maximum absolute atomic E-state index is 12.3. The number of nitrogens with two attached hydrogens (primary N) is 1. The number of aliphatic hydroxyl groups is 1. The summed E-state index contributed by atoms with van der Waals surface area (Å²) in [4.78, 5) is 35.1. The SMILES string of the molecule is C[C@H]1OC(n2c[n+](C)c3c(=O)[nH]c(N)nc32)[C@H](O)[C@@H]1CNC(=O)c1ccccn1. The van der Waals surface area contributed by atoms with E-state index in [1.54, 1.807) is 46.9 Å². The van der Waals surface area contributed by atoms with E-state index in [9.17, 15) is 14.7 Å². The average Bonchev–Trinajstić information content (AvgIpc) is 3.16. The number of nitrogen functional groups attached to an aromatic ring is 1. The lowest BCUT2D eigenvalue weighted by atomic mass is 9.99. The number of amides is 1. The fourth-order valence-electron chi connectivity index (χ4n) is 3.66. The zero-order chi connectivity index (χ0) is 20.7. The highest BCUT2D eigenvalue weighted by Crippen LogP contribution is 2.34. The van der Waals surface area contributed by atoms with Crippen molar-refractivity contribution in [2.45, 2.75) is 25.4 Å². The molecule has 1 aliphatic heterocycles. The number of hydrogen-bond donors (Lipinski definition) is 4. The molecule has 5 N–H and O–H groups in total. The molecule has 29 heavy (non-hydrogen) atoms. The van der Waals surface area contributed by atoms with Crippen LogP contribution in [0.2, 0.25) is 0 Å². The van der Waals surface area contributed by atoms with Gasteiger partial charge < -0.3 is 20.9 Å². The monoisotopic (exact) mass is 400 g/mol. The van der Waals surface area contributed by atoms with Crippen LogP contribution in [-0.2, 0) is 11.8 Å². The maximum Gasteiger partial charge on any atom is 0.304 e. The highest BCUT2D eigenvalue weighted by Gasteiger charge is 2.46. The number of aliphatic hydroxyl groups excluding tert-OH is 1. The van der Waals surface area contributed by atoms with Gasteiger partial charge in [-0.3, -0.25) is 19.6 Å². The van der Waals surface area contributed by atoms with Gasteiger partial charge in [-0.2, -0.15) is 9.55 Å². The number of nitrogens with one attached hydrogen (secondary N) is 2. The molecule has 0 aliphatic carbocycles. The molecule has 0 spiro atoms. The number of aromatic nitrogens is 5.